The molecule has 0 aromatic carbocycles. The topological polar surface area (TPSA) is 83.0 Å². The molecular weight excluding hydrogens is 464 g/mol. The van der Waals surface area contributed by atoms with Crippen LogP contribution in [0, 0.1) is 0 Å². The summed E-state index contributed by atoms with van der Waals surface area (Å²) in [7, 11) is -3.67. The normalized spacial score (nSPS) is 18.1. The van der Waals surface area contributed by atoms with Crippen LogP contribution in [0.4, 0.5) is 13.2 Å². The average Bonchev–Trinajstić information content (AvgIpc) is 2.47. The minimum Gasteiger partial charge on any atom is -0.383 e. The number of hydrogen-bond donors (Lipinski definition) is 2. The predicted octanol–water partition coefficient (Wildman–Crippen LogP) is 1.12. The van der Waals surface area contributed by atoms with E-state index in [4.69, 9.17) is 4.74 Å². The van der Waals surface area contributed by atoms with E-state index in [1.807, 2.05) is 6.92 Å². The molecule has 0 bridgehead atoms. The summed E-state index contributed by atoms with van der Waals surface area (Å²) in [5.41, 5.74) is -5.25. The minimum absolute atomic E-state index is 0. The predicted molar refractivity (Wildman–Crippen MR) is 96.0 cm³/mol. The van der Waals surface area contributed by atoms with E-state index < -0.39 is 15.5 Å². The van der Waals surface area contributed by atoms with Crippen LogP contribution in [-0.4, -0.2) is 70.1 Å². The number of nitrogens with zero attached hydrogens (tertiary/aromatic N) is 2. The summed E-state index contributed by atoms with van der Waals surface area (Å²) < 4.78 is 65.6. The molecule has 1 heterocycles. The van der Waals surface area contributed by atoms with Crippen molar-refractivity contribution >= 4 is 40.0 Å². The maximum absolute atomic E-state index is 12.5. The highest BCUT2D eigenvalue weighted by Crippen LogP contribution is 2.28. The molecule has 12 heteroatoms. The van der Waals surface area contributed by atoms with Crippen molar-refractivity contribution in [2.45, 2.75) is 31.3 Å². The van der Waals surface area contributed by atoms with Gasteiger partial charge < -0.3 is 15.4 Å². The average molecular weight is 488 g/mol. The Morgan fingerprint density at radius 2 is 1.92 bits per heavy atom. The number of hydrogen-bond acceptors (Lipinski definition) is 4. The van der Waals surface area contributed by atoms with Crippen molar-refractivity contribution in [2.75, 3.05) is 39.9 Å². The van der Waals surface area contributed by atoms with Gasteiger partial charge in [-0.25, -0.2) is 8.42 Å². The summed E-state index contributed by atoms with van der Waals surface area (Å²) in [6.07, 6.45) is 0.563. The van der Waals surface area contributed by atoms with Crippen molar-refractivity contribution in [3.63, 3.8) is 0 Å². The number of alkyl halides is 3. The van der Waals surface area contributed by atoms with Crippen molar-refractivity contribution in [1.82, 2.24) is 14.9 Å². The van der Waals surface area contributed by atoms with Gasteiger partial charge in [-0.05, 0) is 19.8 Å². The summed E-state index contributed by atoms with van der Waals surface area (Å²) in [5.74, 6) is 0.543. The lowest BCUT2D eigenvalue weighted by Gasteiger charge is -2.32. The zero-order valence-electron chi connectivity index (χ0n) is 13.6. The number of sulfonamides is 1. The Labute approximate surface area is 157 Å². The van der Waals surface area contributed by atoms with Gasteiger partial charge in [0.1, 0.15) is 0 Å². The molecule has 0 spiro atoms. The van der Waals surface area contributed by atoms with Crippen LogP contribution in [0.15, 0.2) is 4.99 Å². The summed E-state index contributed by atoms with van der Waals surface area (Å²) in [5, 5.41) is 6.13. The Bertz CT molecular complexity index is 494. The zero-order chi connectivity index (χ0) is 17.5. The van der Waals surface area contributed by atoms with E-state index in [9.17, 15) is 21.6 Å². The largest absolute Gasteiger partial charge is 0.511 e. The van der Waals surface area contributed by atoms with Gasteiger partial charge in [-0.15, -0.1) is 24.0 Å². The molecule has 0 aliphatic carbocycles. The minimum atomic E-state index is -5.25. The molecule has 0 aromatic heterocycles. The summed E-state index contributed by atoms with van der Waals surface area (Å²) in [6, 6.07) is -0.130. The first-order valence-electron chi connectivity index (χ1n) is 7.32. The number of ether oxygens (including phenoxy) is 1. The smallest absolute Gasteiger partial charge is 0.383 e. The molecule has 0 atom stereocenters. The molecular formula is C12H24F3IN4O3S. The van der Waals surface area contributed by atoms with E-state index in [1.54, 1.807) is 7.11 Å². The second-order valence-corrected chi connectivity index (χ2v) is 6.95. The van der Waals surface area contributed by atoms with Crippen LogP contribution in [0.3, 0.4) is 0 Å². The molecule has 0 aromatic rings. The van der Waals surface area contributed by atoms with Crippen LogP contribution in [0.25, 0.3) is 0 Å². The third kappa shape index (κ3) is 6.88. The van der Waals surface area contributed by atoms with Crippen molar-refractivity contribution in [3.8, 4) is 0 Å². The maximum Gasteiger partial charge on any atom is 0.511 e. The molecule has 2 N–H and O–H groups in total. The summed E-state index contributed by atoms with van der Waals surface area (Å²) in [6.45, 7) is 3.10. The maximum atomic E-state index is 12.5. The van der Waals surface area contributed by atoms with E-state index in [0.29, 0.717) is 30.0 Å². The number of aliphatic imine (C=N–C) groups is 1. The van der Waals surface area contributed by atoms with Crippen LogP contribution in [0.5, 0.6) is 0 Å². The molecule has 1 aliphatic heterocycles. The quantitative estimate of drug-likeness (QED) is 0.254. The fourth-order valence-electron chi connectivity index (χ4n) is 2.15. The summed E-state index contributed by atoms with van der Waals surface area (Å²) in [4.78, 5) is 4.26. The number of guanidine groups is 1. The number of piperidine rings is 1. The molecule has 0 radical (unpaired) electrons. The number of methoxy groups -OCH3 is 1. The van der Waals surface area contributed by atoms with Crippen LogP contribution in [0.1, 0.15) is 19.8 Å². The molecule has 1 aliphatic rings. The highest BCUT2D eigenvalue weighted by atomic mass is 127. The zero-order valence-corrected chi connectivity index (χ0v) is 16.7. The van der Waals surface area contributed by atoms with Gasteiger partial charge in [-0.2, -0.15) is 17.5 Å². The Morgan fingerprint density at radius 1 is 1.33 bits per heavy atom. The Morgan fingerprint density at radius 3 is 2.38 bits per heavy atom. The first-order valence-corrected chi connectivity index (χ1v) is 8.76. The van der Waals surface area contributed by atoms with Gasteiger partial charge >= 0.3 is 15.5 Å². The van der Waals surface area contributed by atoms with Gasteiger partial charge in [0.05, 0.1) is 13.2 Å². The molecule has 0 unspecified atom stereocenters. The van der Waals surface area contributed by atoms with Crippen molar-refractivity contribution in [1.29, 1.82) is 0 Å². The van der Waals surface area contributed by atoms with Crippen molar-refractivity contribution in [3.05, 3.63) is 0 Å². The third-order valence-electron chi connectivity index (χ3n) is 3.34. The molecule has 24 heavy (non-hydrogen) atoms. The molecule has 0 amide bonds. The standard InChI is InChI=1S/C12H23F3N4O3S.HI/c1-3-16-11(17-6-9-22-2)18-10-4-7-19(8-5-10)23(20,21)12(13,14)15;/h10H,3-9H2,1-2H3,(H2,16,17,18);1H. The molecule has 0 saturated carbocycles. The van der Waals surface area contributed by atoms with E-state index >= 15 is 0 Å². The Balaban J connectivity index is 0.00000529. The van der Waals surface area contributed by atoms with Crippen LogP contribution < -0.4 is 10.6 Å². The molecule has 1 fully saturated rings. The second kappa shape index (κ2) is 10.6. The van der Waals surface area contributed by atoms with E-state index in [2.05, 4.69) is 15.6 Å². The van der Waals surface area contributed by atoms with Crippen molar-refractivity contribution < 1.29 is 26.3 Å². The van der Waals surface area contributed by atoms with E-state index in [1.165, 1.54) is 0 Å². The Kier molecular flexibility index (Phi) is 10.5. The van der Waals surface area contributed by atoms with E-state index in [-0.39, 0.29) is 55.9 Å². The fraction of sp³-hybridized carbons (Fsp3) is 0.917. The number of rotatable bonds is 6. The first-order chi connectivity index (χ1) is 10.7. The lowest BCUT2D eigenvalue weighted by atomic mass is 10.1. The first kappa shape index (κ1) is 23.7. The third-order valence-corrected chi connectivity index (χ3v) is 4.97. The number of nitrogens with one attached hydrogen (secondary N) is 2. The van der Waals surface area contributed by atoms with Crippen LogP contribution in [-0.2, 0) is 14.8 Å². The van der Waals surface area contributed by atoms with Gasteiger partial charge in [0.2, 0.25) is 0 Å². The van der Waals surface area contributed by atoms with Crippen LogP contribution >= 0.6 is 24.0 Å². The van der Waals surface area contributed by atoms with Gasteiger partial charge in [0.15, 0.2) is 5.96 Å². The highest BCUT2D eigenvalue weighted by Gasteiger charge is 2.50. The SMILES string of the molecule is CCNC(=NCCOC)NC1CCN(S(=O)(=O)C(F)(F)F)CC1.I. The van der Waals surface area contributed by atoms with Gasteiger partial charge in [0, 0.05) is 32.8 Å². The fourth-order valence-corrected chi connectivity index (χ4v) is 3.13. The van der Waals surface area contributed by atoms with E-state index in [0.717, 1.165) is 0 Å². The molecule has 1 saturated heterocycles. The van der Waals surface area contributed by atoms with Crippen LogP contribution in [0.2, 0.25) is 0 Å². The van der Waals surface area contributed by atoms with Gasteiger partial charge in [-0.3, -0.25) is 4.99 Å². The van der Waals surface area contributed by atoms with Gasteiger partial charge in [0.25, 0.3) is 0 Å². The molecule has 7 nitrogen and oxygen atoms in total. The second-order valence-electron chi connectivity index (χ2n) is 5.02. The lowest BCUT2D eigenvalue weighted by molar-refractivity contribution is -0.0494. The Hall–Kier alpha value is -0.340. The number of halogens is 4. The van der Waals surface area contributed by atoms with Crippen molar-refractivity contribution in [2.24, 2.45) is 4.99 Å². The summed E-state index contributed by atoms with van der Waals surface area (Å²) >= 11 is 0. The molecule has 1 rings (SSSR count). The lowest BCUT2D eigenvalue weighted by Crippen LogP contribution is -2.51. The monoisotopic (exact) mass is 488 g/mol. The highest BCUT2D eigenvalue weighted by molar-refractivity contribution is 14.0. The molecule has 144 valence electrons. The van der Waals surface area contributed by atoms with Gasteiger partial charge in [-0.1, -0.05) is 0 Å².